The Morgan fingerprint density at radius 2 is 2.05 bits per heavy atom. The highest BCUT2D eigenvalue weighted by molar-refractivity contribution is 5.98. The maximum Gasteiger partial charge on any atom is 0.273 e. The molecule has 20 heavy (non-hydrogen) atoms. The lowest BCUT2D eigenvalue weighted by Gasteiger charge is -2.44. The molecule has 1 aliphatic heterocycles. The summed E-state index contributed by atoms with van der Waals surface area (Å²) >= 11 is 0. The van der Waals surface area contributed by atoms with E-state index >= 15 is 0 Å². The number of carbonyl (C=O) groups excluding carboxylic acids is 2. The minimum atomic E-state index is -0.846. The minimum Gasteiger partial charge on any atom is -0.373 e. The van der Waals surface area contributed by atoms with Crippen molar-refractivity contribution in [3.63, 3.8) is 0 Å². The van der Waals surface area contributed by atoms with Crippen LogP contribution in [0.3, 0.4) is 0 Å². The molecule has 0 bridgehead atoms. The van der Waals surface area contributed by atoms with Crippen LogP contribution in [-0.2, 0) is 4.79 Å². The Kier molecular flexibility index (Phi) is 3.65. The van der Waals surface area contributed by atoms with Gasteiger partial charge in [-0.2, -0.15) is 0 Å². The van der Waals surface area contributed by atoms with E-state index in [2.05, 4.69) is 10.3 Å². The molecule has 1 aromatic rings. The van der Waals surface area contributed by atoms with E-state index < -0.39 is 5.54 Å². The molecule has 0 saturated carbocycles. The van der Waals surface area contributed by atoms with E-state index in [-0.39, 0.29) is 11.8 Å². The molecule has 1 fully saturated rings. The van der Waals surface area contributed by atoms with Crippen LogP contribution < -0.4 is 5.32 Å². The van der Waals surface area contributed by atoms with Gasteiger partial charge in [-0.25, -0.2) is 4.98 Å². The molecule has 1 N–H and O–H groups in total. The molecule has 2 amide bonds. The van der Waals surface area contributed by atoms with Crippen molar-refractivity contribution in [2.75, 3.05) is 32.5 Å². The minimum absolute atomic E-state index is 0.0538. The molecule has 1 saturated heterocycles. The number of carbonyl (C=O) groups is 2. The number of hydrogen-bond donors (Lipinski definition) is 1. The first-order valence-corrected chi connectivity index (χ1v) is 6.60. The van der Waals surface area contributed by atoms with Gasteiger partial charge in [-0.15, -0.1) is 0 Å². The summed E-state index contributed by atoms with van der Waals surface area (Å²) < 4.78 is 0. The molecule has 1 aliphatic rings. The number of nitrogens with one attached hydrogen (secondary N) is 1. The van der Waals surface area contributed by atoms with Gasteiger partial charge in [-0.1, -0.05) is 6.07 Å². The van der Waals surface area contributed by atoms with Crippen LogP contribution >= 0.6 is 0 Å². The van der Waals surface area contributed by atoms with Crippen molar-refractivity contribution in [2.45, 2.75) is 19.4 Å². The molecule has 0 aromatic carbocycles. The number of pyridine rings is 1. The third-order valence-electron chi connectivity index (χ3n) is 3.67. The fourth-order valence-electron chi connectivity index (χ4n) is 2.40. The number of piperazine rings is 1. The Labute approximate surface area is 118 Å². The number of anilines is 1. The fourth-order valence-corrected chi connectivity index (χ4v) is 2.40. The second-order valence-electron chi connectivity index (χ2n) is 5.40. The summed E-state index contributed by atoms with van der Waals surface area (Å²) in [5.41, 5.74) is -0.496. The zero-order chi connectivity index (χ0) is 14.9. The van der Waals surface area contributed by atoms with Crippen molar-refractivity contribution < 1.29 is 9.59 Å². The molecular formula is C14H20N4O2. The lowest BCUT2D eigenvalue weighted by Crippen LogP contribution is -2.63. The SMILES string of the molecule is CNc1cccc(C(=O)N2CCN(C)C(=O)C2(C)C)n1. The predicted octanol–water partition coefficient (Wildman–Crippen LogP) is 0.816. The lowest BCUT2D eigenvalue weighted by atomic mass is 9.97. The van der Waals surface area contributed by atoms with Crippen LogP contribution in [0, 0.1) is 0 Å². The van der Waals surface area contributed by atoms with Gasteiger partial charge in [0, 0.05) is 27.2 Å². The third kappa shape index (κ3) is 2.33. The molecule has 0 spiro atoms. The molecule has 0 radical (unpaired) electrons. The molecule has 6 nitrogen and oxygen atoms in total. The van der Waals surface area contributed by atoms with E-state index in [4.69, 9.17) is 0 Å². The smallest absolute Gasteiger partial charge is 0.273 e. The van der Waals surface area contributed by atoms with E-state index in [0.29, 0.717) is 24.6 Å². The number of aromatic nitrogens is 1. The van der Waals surface area contributed by atoms with Crippen LogP contribution in [0.25, 0.3) is 0 Å². The molecular weight excluding hydrogens is 256 g/mol. The van der Waals surface area contributed by atoms with Crippen molar-refractivity contribution in [3.05, 3.63) is 23.9 Å². The Bertz CT molecular complexity index is 542. The maximum atomic E-state index is 12.6. The average Bonchev–Trinajstić information content (AvgIpc) is 2.44. The van der Waals surface area contributed by atoms with E-state index in [0.717, 1.165) is 0 Å². The third-order valence-corrected chi connectivity index (χ3v) is 3.67. The van der Waals surface area contributed by atoms with Crippen molar-refractivity contribution in [1.29, 1.82) is 0 Å². The summed E-state index contributed by atoms with van der Waals surface area (Å²) in [4.78, 5) is 32.3. The number of rotatable bonds is 2. The molecule has 2 heterocycles. The van der Waals surface area contributed by atoms with Gasteiger partial charge in [0.2, 0.25) is 5.91 Å². The van der Waals surface area contributed by atoms with E-state index in [1.165, 1.54) is 0 Å². The zero-order valence-electron chi connectivity index (χ0n) is 12.3. The topological polar surface area (TPSA) is 65.5 Å². The van der Waals surface area contributed by atoms with Crippen LogP contribution in [0.1, 0.15) is 24.3 Å². The van der Waals surface area contributed by atoms with Gasteiger partial charge in [0.1, 0.15) is 17.1 Å². The Morgan fingerprint density at radius 1 is 1.35 bits per heavy atom. The second kappa shape index (κ2) is 5.11. The first-order valence-electron chi connectivity index (χ1n) is 6.60. The van der Waals surface area contributed by atoms with Gasteiger partial charge < -0.3 is 15.1 Å². The Morgan fingerprint density at radius 3 is 2.70 bits per heavy atom. The first kappa shape index (κ1) is 14.3. The van der Waals surface area contributed by atoms with Crippen molar-refractivity contribution in [2.24, 2.45) is 0 Å². The summed E-state index contributed by atoms with van der Waals surface area (Å²) in [5.74, 6) is 0.365. The normalized spacial score (nSPS) is 18.1. The van der Waals surface area contributed by atoms with Crippen LogP contribution in [-0.4, -0.2) is 59.3 Å². The van der Waals surface area contributed by atoms with E-state index in [1.807, 2.05) is 0 Å². The summed E-state index contributed by atoms with van der Waals surface area (Å²) in [5, 5.41) is 2.90. The predicted molar refractivity (Wildman–Crippen MR) is 76.5 cm³/mol. The Hall–Kier alpha value is -2.11. The molecule has 6 heteroatoms. The number of likely N-dealkylation sites (N-methyl/N-ethyl adjacent to an activating group) is 1. The van der Waals surface area contributed by atoms with Gasteiger partial charge in [0.05, 0.1) is 0 Å². The van der Waals surface area contributed by atoms with Gasteiger partial charge >= 0.3 is 0 Å². The lowest BCUT2D eigenvalue weighted by molar-refractivity contribution is -0.144. The standard InChI is InChI=1S/C14H20N4O2/c1-14(2)13(20)17(4)8-9-18(14)12(19)10-6-5-7-11(15-3)16-10/h5-7H,8-9H2,1-4H3,(H,15,16). The first-order chi connectivity index (χ1) is 9.37. The van der Waals surface area contributed by atoms with Gasteiger partial charge in [-0.3, -0.25) is 9.59 Å². The van der Waals surface area contributed by atoms with Crippen LogP contribution in [0.5, 0.6) is 0 Å². The fraction of sp³-hybridized carbons (Fsp3) is 0.500. The summed E-state index contributed by atoms with van der Waals surface area (Å²) in [7, 11) is 3.51. The molecule has 0 atom stereocenters. The van der Waals surface area contributed by atoms with Crippen LogP contribution in [0.15, 0.2) is 18.2 Å². The maximum absolute atomic E-state index is 12.6. The second-order valence-corrected chi connectivity index (χ2v) is 5.40. The molecule has 108 valence electrons. The molecule has 0 aliphatic carbocycles. The largest absolute Gasteiger partial charge is 0.373 e. The number of hydrogen-bond acceptors (Lipinski definition) is 4. The van der Waals surface area contributed by atoms with Gasteiger partial charge in [0.15, 0.2) is 0 Å². The highest BCUT2D eigenvalue weighted by atomic mass is 16.2. The van der Waals surface area contributed by atoms with Gasteiger partial charge in [0.25, 0.3) is 5.91 Å². The van der Waals surface area contributed by atoms with Gasteiger partial charge in [-0.05, 0) is 26.0 Å². The monoisotopic (exact) mass is 276 g/mol. The average molecular weight is 276 g/mol. The van der Waals surface area contributed by atoms with Crippen molar-refractivity contribution in [1.82, 2.24) is 14.8 Å². The van der Waals surface area contributed by atoms with Crippen molar-refractivity contribution >= 4 is 17.6 Å². The van der Waals surface area contributed by atoms with Crippen molar-refractivity contribution in [3.8, 4) is 0 Å². The zero-order valence-corrected chi connectivity index (χ0v) is 12.3. The van der Waals surface area contributed by atoms with Crippen LogP contribution in [0.4, 0.5) is 5.82 Å². The quantitative estimate of drug-likeness (QED) is 0.868. The molecule has 1 aromatic heterocycles. The summed E-state index contributed by atoms with van der Waals surface area (Å²) in [6.45, 7) is 4.59. The summed E-state index contributed by atoms with van der Waals surface area (Å²) in [6, 6.07) is 5.23. The molecule has 2 rings (SSSR count). The Balaban J connectivity index is 2.30. The highest BCUT2D eigenvalue weighted by Gasteiger charge is 2.43. The molecule has 0 unspecified atom stereocenters. The number of amides is 2. The number of nitrogens with zero attached hydrogens (tertiary/aromatic N) is 3. The van der Waals surface area contributed by atoms with E-state index in [9.17, 15) is 9.59 Å². The summed E-state index contributed by atoms with van der Waals surface area (Å²) in [6.07, 6.45) is 0. The van der Waals surface area contributed by atoms with E-state index in [1.54, 1.807) is 55.9 Å². The highest BCUT2D eigenvalue weighted by Crippen LogP contribution is 2.23. The van der Waals surface area contributed by atoms with Crippen LogP contribution in [0.2, 0.25) is 0 Å².